The van der Waals surface area contributed by atoms with Crippen LogP contribution >= 0.6 is 12.2 Å². The van der Waals surface area contributed by atoms with Gasteiger partial charge in [0.15, 0.2) is 10.8 Å². The monoisotopic (exact) mass is 398 g/mol. The van der Waals surface area contributed by atoms with Gasteiger partial charge in [-0.25, -0.2) is 14.8 Å². The molecule has 28 heavy (non-hydrogen) atoms. The number of hydrogen-bond donors (Lipinski definition) is 4. The molecule has 144 valence electrons. The summed E-state index contributed by atoms with van der Waals surface area (Å²) in [5.74, 6) is 0.604. The van der Waals surface area contributed by atoms with Crippen LogP contribution < -0.4 is 16.0 Å². The van der Waals surface area contributed by atoms with Crippen molar-refractivity contribution in [3.63, 3.8) is 0 Å². The average molecular weight is 398 g/mol. The van der Waals surface area contributed by atoms with Gasteiger partial charge in [0.2, 0.25) is 0 Å². The molecule has 3 aromatic heterocycles. The minimum absolute atomic E-state index is 0.269. The molecular formula is C17H18N8O2S. The topological polar surface area (TPSA) is 130 Å². The molecule has 0 bridgehead atoms. The summed E-state index contributed by atoms with van der Waals surface area (Å²) >= 11 is 5.28. The third-order valence-corrected chi connectivity index (χ3v) is 4.33. The van der Waals surface area contributed by atoms with Crippen LogP contribution in [-0.4, -0.2) is 53.6 Å². The molecule has 1 fully saturated rings. The van der Waals surface area contributed by atoms with Gasteiger partial charge in [-0.05, 0) is 37.2 Å². The Bertz CT molecular complexity index is 1030. The van der Waals surface area contributed by atoms with E-state index in [-0.39, 0.29) is 6.54 Å². The summed E-state index contributed by atoms with van der Waals surface area (Å²) in [6.45, 7) is 0.691. The van der Waals surface area contributed by atoms with Crippen LogP contribution in [0.15, 0.2) is 30.7 Å². The fourth-order valence-electron chi connectivity index (χ4n) is 2.57. The highest BCUT2D eigenvalue weighted by Crippen LogP contribution is 2.20. The van der Waals surface area contributed by atoms with E-state index in [0.717, 1.165) is 18.4 Å². The van der Waals surface area contributed by atoms with Gasteiger partial charge in [0.1, 0.15) is 11.3 Å². The van der Waals surface area contributed by atoms with E-state index in [1.807, 2.05) is 12.1 Å². The molecule has 1 amide bonds. The molecule has 3 heterocycles. The van der Waals surface area contributed by atoms with Gasteiger partial charge in [-0.3, -0.25) is 9.67 Å². The number of carboxylic acid groups (broad SMARTS) is 1. The Kier molecular flexibility index (Phi) is 4.98. The Balaban J connectivity index is 1.49. The maximum Gasteiger partial charge on any atom is 0.404 e. The Labute approximate surface area is 165 Å². The fraction of sp³-hybridized carbons (Fsp3) is 0.294. The zero-order valence-corrected chi connectivity index (χ0v) is 15.6. The number of rotatable bonds is 6. The van der Waals surface area contributed by atoms with Gasteiger partial charge in [-0.15, -0.1) is 0 Å². The maximum atomic E-state index is 10.5. The molecule has 1 saturated carbocycles. The van der Waals surface area contributed by atoms with Gasteiger partial charge in [-0.1, -0.05) is 0 Å². The molecule has 0 unspecified atom stereocenters. The van der Waals surface area contributed by atoms with E-state index in [9.17, 15) is 4.79 Å². The van der Waals surface area contributed by atoms with Crippen LogP contribution in [0.2, 0.25) is 0 Å². The summed E-state index contributed by atoms with van der Waals surface area (Å²) in [6.07, 6.45) is 6.33. The zero-order chi connectivity index (χ0) is 19.5. The number of hydrogen-bond acceptors (Lipinski definition) is 6. The van der Waals surface area contributed by atoms with Gasteiger partial charge >= 0.3 is 6.09 Å². The number of anilines is 1. The normalized spacial score (nSPS) is 13.3. The molecule has 1 aliphatic rings. The number of amides is 1. The second kappa shape index (κ2) is 7.72. The number of aromatic nitrogens is 5. The number of carbonyl (C=O) groups is 1. The van der Waals surface area contributed by atoms with E-state index in [1.54, 1.807) is 23.3 Å². The van der Waals surface area contributed by atoms with Crippen LogP contribution in [0.5, 0.6) is 0 Å². The first kappa shape index (κ1) is 18.0. The van der Waals surface area contributed by atoms with E-state index in [1.165, 1.54) is 0 Å². The van der Waals surface area contributed by atoms with E-state index in [4.69, 9.17) is 17.3 Å². The Hall–Kier alpha value is -3.34. The minimum Gasteiger partial charge on any atom is -0.465 e. The van der Waals surface area contributed by atoms with Crippen molar-refractivity contribution in [3.8, 4) is 11.3 Å². The highest BCUT2D eigenvalue weighted by molar-refractivity contribution is 7.80. The molecule has 11 heteroatoms. The van der Waals surface area contributed by atoms with Crippen molar-refractivity contribution in [2.75, 3.05) is 11.9 Å². The largest absolute Gasteiger partial charge is 0.465 e. The second-order valence-corrected chi connectivity index (χ2v) is 6.80. The lowest BCUT2D eigenvalue weighted by atomic mass is 10.2. The molecule has 10 nitrogen and oxygen atoms in total. The molecule has 3 aromatic rings. The maximum absolute atomic E-state index is 10.5. The van der Waals surface area contributed by atoms with Crippen molar-refractivity contribution in [2.45, 2.75) is 25.4 Å². The third-order valence-electron chi connectivity index (χ3n) is 4.11. The van der Waals surface area contributed by atoms with Crippen LogP contribution in [0.4, 0.5) is 10.6 Å². The Morgan fingerprint density at radius 3 is 2.93 bits per heavy atom. The van der Waals surface area contributed by atoms with Crippen LogP contribution in [-0.2, 0) is 6.54 Å². The highest BCUT2D eigenvalue weighted by Gasteiger charge is 2.21. The quantitative estimate of drug-likeness (QED) is 0.457. The van der Waals surface area contributed by atoms with E-state index >= 15 is 0 Å². The summed E-state index contributed by atoms with van der Waals surface area (Å²) in [4.78, 5) is 24.0. The molecule has 0 spiro atoms. The molecule has 4 N–H and O–H groups in total. The van der Waals surface area contributed by atoms with E-state index in [0.29, 0.717) is 40.4 Å². The molecular weight excluding hydrogens is 380 g/mol. The van der Waals surface area contributed by atoms with Crippen molar-refractivity contribution in [1.29, 1.82) is 0 Å². The zero-order valence-electron chi connectivity index (χ0n) is 14.8. The highest BCUT2D eigenvalue weighted by atomic mass is 32.1. The minimum atomic E-state index is -1.06. The van der Waals surface area contributed by atoms with Crippen molar-refractivity contribution in [3.05, 3.63) is 30.7 Å². The lowest BCUT2D eigenvalue weighted by Gasteiger charge is -2.09. The molecule has 1 aliphatic carbocycles. The van der Waals surface area contributed by atoms with Crippen LogP contribution in [0.1, 0.15) is 12.8 Å². The molecule has 0 atom stereocenters. The van der Waals surface area contributed by atoms with Crippen molar-refractivity contribution < 1.29 is 9.90 Å². The predicted molar refractivity (Wildman–Crippen MR) is 107 cm³/mol. The van der Waals surface area contributed by atoms with Crippen molar-refractivity contribution in [1.82, 2.24) is 35.4 Å². The van der Waals surface area contributed by atoms with Crippen LogP contribution in [0, 0.1) is 0 Å². The smallest absolute Gasteiger partial charge is 0.404 e. The summed E-state index contributed by atoms with van der Waals surface area (Å²) in [6, 6.07) is 4.11. The van der Waals surface area contributed by atoms with Crippen LogP contribution in [0.25, 0.3) is 22.4 Å². The third kappa shape index (κ3) is 4.49. The standard InChI is InChI=1S/C17H18N8O2S/c26-17(27)18-5-6-25-9-10(7-20-25)13-8-19-12-3-4-14(23-15(12)22-13)24-16(28)21-11-1-2-11/h3-4,7-9,11,18H,1-2,5-6H2,(H,26,27)(H2,21,22,23,24,28). The summed E-state index contributed by atoms with van der Waals surface area (Å²) in [5, 5.41) is 22.0. The number of nitrogens with zero attached hydrogens (tertiary/aromatic N) is 5. The first-order valence-electron chi connectivity index (χ1n) is 8.78. The number of nitrogens with one attached hydrogen (secondary N) is 3. The van der Waals surface area contributed by atoms with Gasteiger partial charge in [0, 0.05) is 24.3 Å². The van der Waals surface area contributed by atoms with Gasteiger partial charge < -0.3 is 21.1 Å². The molecule has 0 aliphatic heterocycles. The summed E-state index contributed by atoms with van der Waals surface area (Å²) in [5.41, 5.74) is 2.58. The van der Waals surface area contributed by atoms with E-state index in [2.05, 4.69) is 36.0 Å². The predicted octanol–water partition coefficient (Wildman–Crippen LogP) is 1.60. The number of pyridine rings is 1. The van der Waals surface area contributed by atoms with Crippen molar-refractivity contribution in [2.24, 2.45) is 0 Å². The van der Waals surface area contributed by atoms with E-state index < -0.39 is 6.09 Å². The van der Waals surface area contributed by atoms with Crippen LogP contribution in [0.3, 0.4) is 0 Å². The first-order chi connectivity index (χ1) is 13.6. The first-order valence-corrected chi connectivity index (χ1v) is 9.18. The second-order valence-electron chi connectivity index (χ2n) is 6.39. The van der Waals surface area contributed by atoms with Gasteiger partial charge in [0.05, 0.1) is 24.6 Å². The van der Waals surface area contributed by atoms with Gasteiger partial charge in [-0.2, -0.15) is 5.10 Å². The molecule has 4 rings (SSSR count). The number of thiocarbonyl (C=S) groups is 1. The Morgan fingerprint density at radius 1 is 1.29 bits per heavy atom. The fourth-order valence-corrected chi connectivity index (χ4v) is 2.84. The summed E-state index contributed by atoms with van der Waals surface area (Å²) in [7, 11) is 0. The van der Waals surface area contributed by atoms with Gasteiger partial charge in [0.25, 0.3) is 0 Å². The Morgan fingerprint density at radius 2 is 2.14 bits per heavy atom. The number of fused-ring (bicyclic) bond motifs is 1. The molecule has 0 saturated heterocycles. The molecule has 0 aromatic carbocycles. The summed E-state index contributed by atoms with van der Waals surface area (Å²) < 4.78 is 1.64. The molecule has 0 radical (unpaired) electrons. The SMILES string of the molecule is O=C(O)NCCn1cc(-c2cnc3ccc(NC(=S)NC4CC4)nc3n2)cn1. The lowest BCUT2D eigenvalue weighted by Crippen LogP contribution is -2.30. The average Bonchev–Trinajstić information content (AvgIpc) is 3.34. The lowest BCUT2D eigenvalue weighted by molar-refractivity contribution is 0.194. The van der Waals surface area contributed by atoms with Crippen molar-refractivity contribution >= 4 is 40.4 Å².